The highest BCUT2D eigenvalue weighted by molar-refractivity contribution is 5.42. The Morgan fingerprint density at radius 3 is 2.56 bits per heavy atom. The molecule has 0 aliphatic rings. The van der Waals surface area contributed by atoms with Crippen LogP contribution >= 0.6 is 0 Å². The maximum Gasteiger partial charge on any atom is 0.0593 e. The van der Waals surface area contributed by atoms with Gasteiger partial charge in [0.05, 0.1) is 6.61 Å². The average molecular weight is 250 g/mol. The lowest BCUT2D eigenvalue weighted by atomic mass is 10.3. The molecule has 0 heterocycles. The van der Waals surface area contributed by atoms with Crippen molar-refractivity contribution >= 4 is 5.69 Å². The molecule has 102 valence electrons. The molecule has 0 atom stereocenters. The Morgan fingerprint density at radius 1 is 1.11 bits per heavy atom. The molecule has 0 spiro atoms. The van der Waals surface area contributed by atoms with E-state index in [9.17, 15) is 0 Å². The van der Waals surface area contributed by atoms with E-state index in [2.05, 4.69) is 41.4 Å². The van der Waals surface area contributed by atoms with Gasteiger partial charge in [-0.15, -0.1) is 0 Å². The molecule has 1 aromatic rings. The van der Waals surface area contributed by atoms with Crippen molar-refractivity contribution in [2.24, 2.45) is 0 Å². The number of para-hydroxylation sites is 1. The molecule has 3 nitrogen and oxygen atoms in total. The third-order valence-electron chi connectivity index (χ3n) is 2.96. The molecule has 0 amide bonds. The predicted molar refractivity (Wildman–Crippen MR) is 78.2 cm³/mol. The van der Waals surface area contributed by atoms with Crippen LogP contribution in [-0.2, 0) is 4.74 Å². The normalized spacial score (nSPS) is 10.8. The zero-order valence-corrected chi connectivity index (χ0v) is 11.7. The lowest BCUT2D eigenvalue weighted by molar-refractivity contribution is 0.115. The van der Waals surface area contributed by atoms with Gasteiger partial charge in [-0.05, 0) is 38.6 Å². The van der Waals surface area contributed by atoms with Gasteiger partial charge in [0, 0.05) is 25.4 Å². The van der Waals surface area contributed by atoms with Crippen molar-refractivity contribution in [2.45, 2.75) is 20.3 Å². The van der Waals surface area contributed by atoms with Crippen LogP contribution in [-0.4, -0.2) is 44.3 Å². The maximum atomic E-state index is 5.38. The van der Waals surface area contributed by atoms with E-state index in [4.69, 9.17) is 4.74 Å². The molecule has 0 saturated carbocycles. The van der Waals surface area contributed by atoms with E-state index in [1.165, 1.54) is 5.69 Å². The van der Waals surface area contributed by atoms with Crippen LogP contribution in [0.3, 0.4) is 0 Å². The number of nitrogens with one attached hydrogen (secondary N) is 1. The Hall–Kier alpha value is -1.06. The first kappa shape index (κ1) is 15.0. The van der Waals surface area contributed by atoms with Crippen LogP contribution in [0.4, 0.5) is 5.69 Å². The average Bonchev–Trinajstić information content (AvgIpc) is 2.43. The molecular formula is C15H26N2O. The van der Waals surface area contributed by atoms with E-state index in [1.54, 1.807) is 0 Å². The van der Waals surface area contributed by atoms with Crippen molar-refractivity contribution in [1.82, 2.24) is 4.90 Å². The molecule has 0 aromatic heterocycles. The van der Waals surface area contributed by atoms with Gasteiger partial charge in [-0.2, -0.15) is 0 Å². The predicted octanol–water partition coefficient (Wildman–Crippen LogP) is 2.85. The molecule has 0 radical (unpaired) electrons. The van der Waals surface area contributed by atoms with Gasteiger partial charge in [0.25, 0.3) is 0 Å². The van der Waals surface area contributed by atoms with Crippen LogP contribution in [0.15, 0.2) is 30.3 Å². The second-order valence-electron chi connectivity index (χ2n) is 4.28. The smallest absolute Gasteiger partial charge is 0.0593 e. The van der Waals surface area contributed by atoms with Crippen molar-refractivity contribution in [1.29, 1.82) is 0 Å². The first-order valence-electron chi connectivity index (χ1n) is 6.95. The summed E-state index contributed by atoms with van der Waals surface area (Å²) in [5.41, 5.74) is 1.20. The largest absolute Gasteiger partial charge is 0.385 e. The summed E-state index contributed by atoms with van der Waals surface area (Å²) in [6, 6.07) is 10.4. The Kier molecular flexibility index (Phi) is 8.26. The number of benzene rings is 1. The minimum atomic E-state index is 0.813. The summed E-state index contributed by atoms with van der Waals surface area (Å²) in [5, 5.41) is 3.43. The topological polar surface area (TPSA) is 24.5 Å². The van der Waals surface area contributed by atoms with Crippen LogP contribution in [0.2, 0.25) is 0 Å². The second-order valence-corrected chi connectivity index (χ2v) is 4.28. The molecular weight excluding hydrogens is 224 g/mol. The van der Waals surface area contributed by atoms with Crippen LogP contribution < -0.4 is 5.32 Å². The molecule has 1 aromatic carbocycles. The molecule has 3 heteroatoms. The summed E-state index contributed by atoms with van der Waals surface area (Å²) >= 11 is 0. The summed E-state index contributed by atoms with van der Waals surface area (Å²) < 4.78 is 5.38. The molecule has 0 bridgehead atoms. The molecule has 0 unspecified atom stereocenters. The highest BCUT2D eigenvalue weighted by atomic mass is 16.5. The molecule has 0 aliphatic carbocycles. The zero-order chi connectivity index (χ0) is 13.1. The van der Waals surface area contributed by atoms with E-state index in [1.807, 2.05) is 13.0 Å². The van der Waals surface area contributed by atoms with Gasteiger partial charge in [-0.25, -0.2) is 0 Å². The highest BCUT2D eigenvalue weighted by Gasteiger charge is 2.01. The summed E-state index contributed by atoms with van der Waals surface area (Å²) in [4.78, 5) is 2.43. The fourth-order valence-corrected chi connectivity index (χ4v) is 1.86. The van der Waals surface area contributed by atoms with Crippen LogP contribution in [0, 0.1) is 0 Å². The van der Waals surface area contributed by atoms with E-state index in [-0.39, 0.29) is 0 Å². The Morgan fingerprint density at radius 2 is 1.89 bits per heavy atom. The van der Waals surface area contributed by atoms with Crippen LogP contribution in [0.5, 0.6) is 0 Å². The van der Waals surface area contributed by atoms with Crippen molar-refractivity contribution in [3.63, 3.8) is 0 Å². The van der Waals surface area contributed by atoms with Crippen molar-refractivity contribution in [2.75, 3.05) is 44.7 Å². The third-order valence-corrected chi connectivity index (χ3v) is 2.96. The van der Waals surface area contributed by atoms with E-state index >= 15 is 0 Å². The fraction of sp³-hybridized carbons (Fsp3) is 0.600. The minimum absolute atomic E-state index is 0.813. The van der Waals surface area contributed by atoms with Gasteiger partial charge in [0.15, 0.2) is 0 Å². The van der Waals surface area contributed by atoms with Crippen LogP contribution in [0.1, 0.15) is 20.3 Å². The van der Waals surface area contributed by atoms with Crippen molar-refractivity contribution in [3.05, 3.63) is 30.3 Å². The quantitative estimate of drug-likeness (QED) is 0.646. The third kappa shape index (κ3) is 6.62. The Balaban J connectivity index is 2.08. The molecule has 1 rings (SSSR count). The lowest BCUT2D eigenvalue weighted by Crippen LogP contribution is -2.29. The zero-order valence-electron chi connectivity index (χ0n) is 11.7. The van der Waals surface area contributed by atoms with E-state index in [0.717, 1.165) is 45.8 Å². The van der Waals surface area contributed by atoms with Gasteiger partial charge < -0.3 is 15.0 Å². The number of ether oxygens (including phenoxy) is 1. The summed E-state index contributed by atoms with van der Waals surface area (Å²) in [5.74, 6) is 0. The van der Waals surface area contributed by atoms with Crippen molar-refractivity contribution < 1.29 is 4.74 Å². The number of likely N-dealkylation sites (N-methyl/N-ethyl adjacent to an activating group) is 1. The molecule has 0 fully saturated rings. The van der Waals surface area contributed by atoms with Gasteiger partial charge in [-0.1, -0.05) is 25.1 Å². The van der Waals surface area contributed by atoms with E-state index in [0.29, 0.717) is 0 Å². The minimum Gasteiger partial charge on any atom is -0.385 e. The first-order chi connectivity index (χ1) is 8.86. The van der Waals surface area contributed by atoms with Crippen LogP contribution in [0.25, 0.3) is 0 Å². The standard InChI is InChI=1S/C15H26N2O/c1-3-17(13-14-18-4-2)12-8-11-16-15-9-6-5-7-10-15/h5-7,9-10,16H,3-4,8,11-14H2,1-2H3. The monoisotopic (exact) mass is 250 g/mol. The number of hydrogen-bond acceptors (Lipinski definition) is 3. The Labute approximate surface area is 111 Å². The SMILES string of the molecule is CCOCCN(CC)CCCNc1ccccc1. The molecule has 1 N–H and O–H groups in total. The fourth-order valence-electron chi connectivity index (χ4n) is 1.86. The summed E-state index contributed by atoms with van der Waals surface area (Å²) in [6.45, 7) is 10.2. The number of nitrogens with zero attached hydrogens (tertiary/aromatic N) is 1. The number of hydrogen-bond donors (Lipinski definition) is 1. The van der Waals surface area contributed by atoms with Gasteiger partial charge in [-0.3, -0.25) is 0 Å². The molecule has 0 saturated heterocycles. The lowest BCUT2D eigenvalue weighted by Gasteiger charge is -2.20. The van der Waals surface area contributed by atoms with Gasteiger partial charge >= 0.3 is 0 Å². The second kappa shape index (κ2) is 9.92. The molecule has 0 aliphatic heterocycles. The first-order valence-corrected chi connectivity index (χ1v) is 6.95. The number of rotatable bonds is 10. The summed E-state index contributed by atoms with van der Waals surface area (Å²) in [7, 11) is 0. The van der Waals surface area contributed by atoms with Gasteiger partial charge in [0.2, 0.25) is 0 Å². The number of anilines is 1. The van der Waals surface area contributed by atoms with Gasteiger partial charge in [0.1, 0.15) is 0 Å². The summed E-state index contributed by atoms with van der Waals surface area (Å²) in [6.07, 6.45) is 1.16. The maximum absolute atomic E-state index is 5.38. The molecule has 18 heavy (non-hydrogen) atoms. The Bertz CT molecular complexity index is 290. The van der Waals surface area contributed by atoms with Crippen molar-refractivity contribution in [3.8, 4) is 0 Å². The van der Waals surface area contributed by atoms with E-state index < -0.39 is 0 Å². The highest BCUT2D eigenvalue weighted by Crippen LogP contribution is 2.04.